The number of furan rings is 1. The Bertz CT molecular complexity index is 2550. The zero-order valence-electron chi connectivity index (χ0n) is 24.1. The summed E-state index contributed by atoms with van der Waals surface area (Å²) in [5.74, 6) is 1.80. The van der Waals surface area contributed by atoms with Crippen molar-refractivity contribution in [2.75, 3.05) is 0 Å². The van der Waals surface area contributed by atoms with E-state index in [1.807, 2.05) is 48.7 Å². The number of aromatic nitrogens is 4. The van der Waals surface area contributed by atoms with Gasteiger partial charge >= 0.3 is 0 Å². The topological polar surface area (TPSA) is 64.7 Å². The number of benzene rings is 6. The van der Waals surface area contributed by atoms with Gasteiger partial charge in [0.15, 0.2) is 17.5 Å². The third kappa shape index (κ3) is 4.41. The lowest BCUT2D eigenvalue weighted by atomic mass is 9.96. The van der Waals surface area contributed by atoms with Crippen LogP contribution in [0.2, 0.25) is 0 Å². The molecule has 3 heterocycles. The van der Waals surface area contributed by atoms with Crippen molar-refractivity contribution in [3.05, 3.63) is 146 Å². The molecule has 0 fully saturated rings. The van der Waals surface area contributed by atoms with Crippen molar-refractivity contribution in [1.82, 2.24) is 19.9 Å². The molecule has 5 heteroatoms. The van der Waals surface area contributed by atoms with E-state index in [1.54, 1.807) is 6.20 Å². The molecular weight excluding hydrogens is 552 g/mol. The Kier molecular flexibility index (Phi) is 5.74. The zero-order valence-corrected chi connectivity index (χ0v) is 24.1. The highest BCUT2D eigenvalue weighted by atomic mass is 16.3. The summed E-state index contributed by atoms with van der Waals surface area (Å²) in [6.07, 6.45) is 3.60. The summed E-state index contributed by atoms with van der Waals surface area (Å²) in [6, 6.07) is 45.8. The minimum atomic E-state index is 0.575. The number of nitrogens with zero attached hydrogens (tertiary/aromatic N) is 4. The molecule has 9 rings (SSSR count). The van der Waals surface area contributed by atoms with E-state index >= 15 is 0 Å². The zero-order chi connectivity index (χ0) is 29.7. The Morgan fingerprint density at radius 2 is 1.04 bits per heavy atom. The SMILES string of the molecule is c1ccc(-c2nc(-c3ccc4ccccc4c3)nc(-c3cc(-c4ccc5ccccc5c4)cc4oc5ccncc5c34)n2)cc1. The first-order valence-corrected chi connectivity index (χ1v) is 14.9. The van der Waals surface area contributed by atoms with E-state index in [9.17, 15) is 0 Å². The highest BCUT2D eigenvalue weighted by Gasteiger charge is 2.20. The smallest absolute Gasteiger partial charge is 0.164 e. The molecule has 0 radical (unpaired) electrons. The highest BCUT2D eigenvalue weighted by Crippen LogP contribution is 2.40. The molecule has 6 aromatic carbocycles. The second kappa shape index (κ2) is 10.2. The van der Waals surface area contributed by atoms with Crippen LogP contribution < -0.4 is 0 Å². The maximum absolute atomic E-state index is 6.43. The fourth-order valence-electron chi connectivity index (χ4n) is 6.13. The van der Waals surface area contributed by atoms with Crippen LogP contribution in [0.25, 0.3) is 88.8 Å². The van der Waals surface area contributed by atoms with Crippen molar-refractivity contribution in [3.8, 4) is 45.3 Å². The van der Waals surface area contributed by atoms with Crippen LogP contribution in [0.15, 0.2) is 150 Å². The van der Waals surface area contributed by atoms with Gasteiger partial charge in [-0.2, -0.15) is 0 Å². The van der Waals surface area contributed by atoms with E-state index in [2.05, 4.69) is 96.0 Å². The maximum atomic E-state index is 6.43. The Morgan fingerprint density at radius 1 is 0.422 bits per heavy atom. The molecule has 0 bridgehead atoms. The van der Waals surface area contributed by atoms with E-state index in [0.717, 1.165) is 55.1 Å². The van der Waals surface area contributed by atoms with Crippen molar-refractivity contribution in [3.63, 3.8) is 0 Å². The molecule has 0 saturated carbocycles. The minimum absolute atomic E-state index is 0.575. The molecule has 0 aliphatic heterocycles. The van der Waals surface area contributed by atoms with Crippen LogP contribution in [0, 0.1) is 0 Å². The van der Waals surface area contributed by atoms with Crippen LogP contribution in [-0.4, -0.2) is 19.9 Å². The van der Waals surface area contributed by atoms with Gasteiger partial charge in [-0.3, -0.25) is 4.98 Å². The van der Waals surface area contributed by atoms with Crippen molar-refractivity contribution in [2.45, 2.75) is 0 Å². The van der Waals surface area contributed by atoms with Crippen molar-refractivity contribution in [2.24, 2.45) is 0 Å². The third-order valence-corrected chi connectivity index (χ3v) is 8.37. The maximum Gasteiger partial charge on any atom is 0.164 e. The molecule has 3 aromatic heterocycles. The number of hydrogen-bond donors (Lipinski definition) is 0. The van der Waals surface area contributed by atoms with Crippen LogP contribution in [0.1, 0.15) is 0 Å². The predicted octanol–water partition coefficient (Wildman–Crippen LogP) is 10.1. The third-order valence-electron chi connectivity index (χ3n) is 8.37. The fraction of sp³-hybridized carbons (Fsp3) is 0. The summed E-state index contributed by atoms with van der Waals surface area (Å²) in [7, 11) is 0. The van der Waals surface area contributed by atoms with E-state index < -0.39 is 0 Å². The molecule has 0 atom stereocenters. The molecule has 0 aliphatic carbocycles. The van der Waals surface area contributed by atoms with Gasteiger partial charge in [-0.05, 0) is 63.0 Å². The van der Waals surface area contributed by atoms with Crippen molar-refractivity contribution in [1.29, 1.82) is 0 Å². The van der Waals surface area contributed by atoms with Gasteiger partial charge in [0.2, 0.25) is 0 Å². The quantitative estimate of drug-likeness (QED) is 0.209. The fourth-order valence-corrected chi connectivity index (χ4v) is 6.13. The Labute approximate surface area is 258 Å². The van der Waals surface area contributed by atoms with Crippen LogP contribution in [0.4, 0.5) is 0 Å². The van der Waals surface area contributed by atoms with Gasteiger partial charge < -0.3 is 4.42 Å². The van der Waals surface area contributed by atoms with E-state index in [-0.39, 0.29) is 0 Å². The molecule has 0 aliphatic rings. The lowest BCUT2D eigenvalue weighted by Crippen LogP contribution is -2.00. The first-order chi connectivity index (χ1) is 22.3. The normalized spacial score (nSPS) is 11.6. The van der Waals surface area contributed by atoms with Gasteiger partial charge in [-0.25, -0.2) is 15.0 Å². The standard InChI is InChI=1S/C40H24N4O/c1-2-10-27(11-3-1)38-42-39(31-17-15-26-9-5-7-13-29(26)21-31)44-40(43-38)33-22-32(30-16-14-25-8-4-6-12-28(25)20-30)23-36-37(33)34-24-41-19-18-35(34)45-36/h1-24H. The van der Waals surface area contributed by atoms with Crippen molar-refractivity contribution >= 4 is 43.5 Å². The molecule has 5 nitrogen and oxygen atoms in total. The summed E-state index contributed by atoms with van der Waals surface area (Å²) in [4.78, 5) is 19.7. The van der Waals surface area contributed by atoms with Crippen LogP contribution >= 0.6 is 0 Å². The van der Waals surface area contributed by atoms with E-state index in [1.165, 1.54) is 16.2 Å². The van der Waals surface area contributed by atoms with Gasteiger partial charge in [-0.15, -0.1) is 0 Å². The number of hydrogen-bond acceptors (Lipinski definition) is 5. The first-order valence-electron chi connectivity index (χ1n) is 14.9. The summed E-state index contributed by atoms with van der Waals surface area (Å²) in [5.41, 5.74) is 6.34. The number of pyridine rings is 1. The lowest BCUT2D eigenvalue weighted by Gasteiger charge is -2.12. The monoisotopic (exact) mass is 576 g/mol. The van der Waals surface area contributed by atoms with Crippen LogP contribution in [-0.2, 0) is 0 Å². The van der Waals surface area contributed by atoms with Gasteiger partial charge in [0, 0.05) is 39.9 Å². The second-order valence-corrected chi connectivity index (χ2v) is 11.2. The molecule has 0 N–H and O–H groups in total. The second-order valence-electron chi connectivity index (χ2n) is 11.2. The summed E-state index contributed by atoms with van der Waals surface area (Å²) in [6.45, 7) is 0. The Morgan fingerprint density at radius 3 is 1.80 bits per heavy atom. The van der Waals surface area contributed by atoms with Crippen LogP contribution in [0.3, 0.4) is 0 Å². The number of rotatable bonds is 4. The Balaban J connectivity index is 1.33. The molecule has 9 aromatic rings. The van der Waals surface area contributed by atoms with Gasteiger partial charge in [0.25, 0.3) is 0 Å². The minimum Gasteiger partial charge on any atom is -0.456 e. The molecule has 0 unspecified atom stereocenters. The largest absolute Gasteiger partial charge is 0.456 e. The average molecular weight is 577 g/mol. The molecule has 210 valence electrons. The molecule has 0 saturated heterocycles. The average Bonchev–Trinajstić information content (AvgIpc) is 3.49. The lowest BCUT2D eigenvalue weighted by molar-refractivity contribution is 0.668. The summed E-state index contributed by atoms with van der Waals surface area (Å²) in [5, 5.41) is 6.52. The summed E-state index contributed by atoms with van der Waals surface area (Å²) >= 11 is 0. The van der Waals surface area contributed by atoms with Crippen LogP contribution in [0.5, 0.6) is 0 Å². The van der Waals surface area contributed by atoms with Gasteiger partial charge in [0.05, 0.1) is 0 Å². The molecule has 45 heavy (non-hydrogen) atoms. The highest BCUT2D eigenvalue weighted by molar-refractivity contribution is 6.13. The Hall–Kier alpha value is -6.20. The van der Waals surface area contributed by atoms with E-state index in [0.29, 0.717) is 17.5 Å². The summed E-state index contributed by atoms with van der Waals surface area (Å²) < 4.78 is 6.43. The van der Waals surface area contributed by atoms with Gasteiger partial charge in [0.1, 0.15) is 11.2 Å². The molecule has 0 amide bonds. The first kappa shape index (κ1) is 25.3. The van der Waals surface area contributed by atoms with Crippen molar-refractivity contribution < 1.29 is 4.42 Å². The number of fused-ring (bicyclic) bond motifs is 5. The molecule has 0 spiro atoms. The van der Waals surface area contributed by atoms with E-state index in [4.69, 9.17) is 19.4 Å². The predicted molar refractivity (Wildman–Crippen MR) is 182 cm³/mol. The van der Waals surface area contributed by atoms with Gasteiger partial charge in [-0.1, -0.05) is 103 Å². The molecular formula is C40H24N4O.